The third-order valence-electron chi connectivity index (χ3n) is 5.40. The molecule has 2 aromatic carbocycles. The summed E-state index contributed by atoms with van der Waals surface area (Å²) in [5, 5.41) is 4.56. The van der Waals surface area contributed by atoms with Gasteiger partial charge in [0.2, 0.25) is 0 Å². The number of allylic oxidation sites excluding steroid dienone is 4. The number of hydrogen-bond acceptors (Lipinski definition) is 0. The normalized spacial score (nSPS) is 15.1. The van der Waals surface area contributed by atoms with Gasteiger partial charge in [0.05, 0.1) is 8.07 Å². The second kappa shape index (κ2) is 11.9. The van der Waals surface area contributed by atoms with Gasteiger partial charge in [-0.25, -0.2) is 5.57 Å². The Balaban J connectivity index is 0. The third kappa shape index (κ3) is 6.35. The summed E-state index contributed by atoms with van der Waals surface area (Å²) in [6.07, 6.45) is 6.08. The molecule has 0 aromatic heterocycles. The summed E-state index contributed by atoms with van der Waals surface area (Å²) in [4.78, 5) is 0. The molecule has 5 heteroatoms. The maximum atomic E-state index is 3.63. The molecule has 0 N–H and O–H groups in total. The van der Waals surface area contributed by atoms with Gasteiger partial charge < -0.3 is 37.2 Å². The average molecular weight is 500 g/mol. The van der Waals surface area contributed by atoms with Gasteiger partial charge >= 0.3 is 21.7 Å². The Kier molecular flexibility index (Phi) is 12.7. The molecular weight excluding hydrogens is 471 g/mol. The first-order valence-corrected chi connectivity index (χ1v) is 11.7. The van der Waals surface area contributed by atoms with Crippen molar-refractivity contribution in [3.8, 4) is 0 Å². The number of halogens is 3. The van der Waals surface area contributed by atoms with Gasteiger partial charge in [-0.05, 0) is 27.7 Å². The van der Waals surface area contributed by atoms with Crippen LogP contribution in [0.2, 0.25) is 6.55 Å². The van der Waals surface area contributed by atoms with Crippen molar-refractivity contribution in [2.75, 3.05) is 0 Å². The van der Waals surface area contributed by atoms with E-state index >= 15 is 0 Å². The fourth-order valence-electron chi connectivity index (χ4n) is 4.38. The second-order valence-electron chi connectivity index (χ2n) is 8.02. The van der Waals surface area contributed by atoms with Gasteiger partial charge in [0.25, 0.3) is 0 Å². The minimum Gasteiger partial charge on any atom is -1.00 e. The van der Waals surface area contributed by atoms with Crippen molar-refractivity contribution in [3.63, 3.8) is 0 Å². The summed E-state index contributed by atoms with van der Waals surface area (Å²) in [6.45, 7) is 15.9. The van der Waals surface area contributed by atoms with Crippen molar-refractivity contribution in [1.29, 1.82) is 0 Å². The Hall–Kier alpha value is -0.279. The van der Waals surface area contributed by atoms with Crippen molar-refractivity contribution in [2.24, 2.45) is 5.92 Å². The van der Waals surface area contributed by atoms with Gasteiger partial charge in [0, 0.05) is 0 Å². The standard InChI is InChI=1S/C24H29Si.3ClH.Ti/c1-16-8-17(2)12-22(11-16)25(7,24-15-20(5)10-21(24)6)23-13-18(3)9-19(4)14-23;;;;/h8-9,11-15,20H,1-7H3;3*1H;/q-1;;;;+4/p-3. The van der Waals surface area contributed by atoms with E-state index in [0.29, 0.717) is 5.92 Å². The predicted octanol–water partition coefficient (Wildman–Crippen LogP) is -4.01. The molecule has 0 bridgehead atoms. The van der Waals surface area contributed by atoms with Crippen LogP contribution in [-0.4, -0.2) is 8.07 Å². The average Bonchev–Trinajstić information content (AvgIpc) is 2.83. The zero-order valence-corrected chi connectivity index (χ0v) is 23.1. The monoisotopic (exact) mass is 498 g/mol. The second-order valence-corrected chi connectivity index (χ2v) is 12.0. The Morgan fingerprint density at radius 3 is 1.31 bits per heavy atom. The molecule has 1 aliphatic carbocycles. The van der Waals surface area contributed by atoms with Crippen molar-refractivity contribution in [3.05, 3.63) is 81.6 Å². The predicted molar refractivity (Wildman–Crippen MR) is 112 cm³/mol. The first-order chi connectivity index (χ1) is 11.7. The van der Waals surface area contributed by atoms with Crippen molar-refractivity contribution in [1.82, 2.24) is 0 Å². The zero-order valence-electron chi connectivity index (χ0n) is 18.3. The van der Waals surface area contributed by atoms with Crippen LogP contribution < -0.4 is 47.6 Å². The van der Waals surface area contributed by atoms with Crippen molar-refractivity contribution in [2.45, 2.75) is 48.1 Å². The molecule has 0 saturated heterocycles. The topological polar surface area (TPSA) is 0 Å². The SMILES string of the molecule is CC1=[C-]C(C)C=C1[Si](C)(c1cc(C)cc(C)c1)c1cc(C)cc(C)c1.[Cl-].[Cl-].[Cl-].[Ti+4]. The maximum Gasteiger partial charge on any atom is 4.00 e. The van der Waals surface area contributed by atoms with Gasteiger partial charge in [-0.15, -0.1) is 0 Å². The molecule has 0 nitrogen and oxygen atoms in total. The molecule has 154 valence electrons. The summed E-state index contributed by atoms with van der Waals surface area (Å²) in [5.41, 5.74) is 6.77. The van der Waals surface area contributed by atoms with E-state index in [1.165, 1.54) is 43.4 Å². The van der Waals surface area contributed by atoms with Crippen molar-refractivity contribution >= 4 is 18.4 Å². The van der Waals surface area contributed by atoms with E-state index in [4.69, 9.17) is 0 Å². The maximum absolute atomic E-state index is 3.63. The molecule has 3 rings (SSSR count). The first kappa shape index (κ1) is 30.9. The van der Waals surface area contributed by atoms with Gasteiger partial charge in [0.15, 0.2) is 0 Å². The summed E-state index contributed by atoms with van der Waals surface area (Å²) in [7, 11) is -2.04. The minimum atomic E-state index is -2.04. The summed E-state index contributed by atoms with van der Waals surface area (Å²) in [5.74, 6) is 0.415. The Morgan fingerprint density at radius 2 is 1.03 bits per heavy atom. The van der Waals surface area contributed by atoms with Crippen LogP contribution in [0.15, 0.2) is 53.2 Å². The third-order valence-corrected chi connectivity index (χ3v) is 9.91. The molecule has 0 radical (unpaired) electrons. The van der Waals surface area contributed by atoms with E-state index in [9.17, 15) is 0 Å². The summed E-state index contributed by atoms with van der Waals surface area (Å²) < 4.78 is 0. The Bertz CT molecular complexity index is 811. The largest absolute Gasteiger partial charge is 4.00 e. The fraction of sp³-hybridized carbons (Fsp3) is 0.333. The van der Waals surface area contributed by atoms with Crippen LogP contribution in [0.3, 0.4) is 0 Å². The molecule has 2 aromatic rings. The number of rotatable bonds is 3. The van der Waals surface area contributed by atoms with E-state index < -0.39 is 8.07 Å². The Morgan fingerprint density at radius 1 is 0.690 bits per heavy atom. The van der Waals surface area contributed by atoms with E-state index in [1.54, 1.807) is 0 Å². The molecule has 0 spiro atoms. The summed E-state index contributed by atoms with van der Waals surface area (Å²) >= 11 is 0. The van der Waals surface area contributed by atoms with E-state index in [2.05, 4.69) is 96.6 Å². The van der Waals surface area contributed by atoms with E-state index in [-0.39, 0.29) is 58.9 Å². The van der Waals surface area contributed by atoms with Gasteiger partial charge in [-0.3, -0.25) is 6.08 Å². The van der Waals surface area contributed by atoms with Crippen LogP contribution in [0.4, 0.5) is 0 Å². The smallest absolute Gasteiger partial charge is 1.00 e. The summed E-state index contributed by atoms with van der Waals surface area (Å²) in [6, 6.07) is 14.2. The molecule has 0 fully saturated rings. The molecule has 1 unspecified atom stereocenters. The molecular formula is C24H29Cl3SiTi. The van der Waals surface area contributed by atoms with Gasteiger partial charge in [0.1, 0.15) is 0 Å². The molecule has 1 aliphatic rings. The molecule has 29 heavy (non-hydrogen) atoms. The number of aryl methyl sites for hydroxylation is 4. The van der Waals surface area contributed by atoms with Crippen LogP contribution in [0.1, 0.15) is 36.1 Å². The number of hydrogen-bond donors (Lipinski definition) is 0. The van der Waals surface area contributed by atoms with Crippen LogP contribution >= 0.6 is 0 Å². The van der Waals surface area contributed by atoms with Crippen LogP contribution in [0.25, 0.3) is 0 Å². The fourth-order valence-corrected chi connectivity index (χ4v) is 8.81. The van der Waals surface area contributed by atoms with Gasteiger partial charge in [-0.1, -0.05) is 95.3 Å². The van der Waals surface area contributed by atoms with E-state index in [1.807, 2.05) is 0 Å². The zero-order chi connectivity index (χ0) is 18.4. The minimum absolute atomic E-state index is 0. The van der Waals surface area contributed by atoms with Crippen molar-refractivity contribution < 1.29 is 58.9 Å². The molecule has 0 aliphatic heterocycles. The quantitative estimate of drug-likeness (QED) is 0.298. The first-order valence-electron chi connectivity index (χ1n) is 9.20. The molecule has 1 atom stereocenters. The van der Waals surface area contributed by atoms with Crippen LogP contribution in [0, 0.1) is 39.7 Å². The molecule has 0 saturated carbocycles. The molecule has 0 amide bonds. The van der Waals surface area contributed by atoms with Gasteiger partial charge in [-0.2, -0.15) is 11.3 Å². The number of benzene rings is 2. The van der Waals surface area contributed by atoms with Crippen LogP contribution in [0.5, 0.6) is 0 Å². The molecule has 0 heterocycles. The van der Waals surface area contributed by atoms with E-state index in [0.717, 1.165) is 0 Å². The Labute approximate surface area is 211 Å². The van der Waals surface area contributed by atoms with Crippen LogP contribution in [-0.2, 0) is 21.7 Å².